The first kappa shape index (κ1) is 18.4. The summed E-state index contributed by atoms with van der Waals surface area (Å²) < 4.78 is 18.9. The molecule has 2 aromatic rings. The van der Waals surface area contributed by atoms with Gasteiger partial charge in [0.2, 0.25) is 0 Å². The van der Waals surface area contributed by atoms with Crippen LogP contribution in [-0.2, 0) is 24.4 Å². The first-order chi connectivity index (χ1) is 12.7. The lowest BCUT2D eigenvalue weighted by molar-refractivity contribution is 0.0342. The number of hydrogen-bond donors (Lipinski definition) is 2. The smallest absolute Gasteiger partial charge is 0.315 e. The zero-order chi connectivity index (χ0) is 18.2. The summed E-state index contributed by atoms with van der Waals surface area (Å²) >= 11 is 0. The predicted octanol–water partition coefficient (Wildman–Crippen LogP) is 2.66. The molecule has 0 atom stereocenters. The SMILES string of the molecule is O=C(NCc1ccc(CN2CCOCC2)cc1)NCc1ccccc1F. The molecule has 3 rings (SSSR count). The summed E-state index contributed by atoms with van der Waals surface area (Å²) in [4.78, 5) is 14.2. The standard InChI is InChI=1S/C20H24FN3O2/c21-19-4-2-1-3-18(19)14-23-20(25)22-13-16-5-7-17(8-6-16)15-24-9-11-26-12-10-24/h1-8H,9-15H2,(H2,22,23,25). The topological polar surface area (TPSA) is 53.6 Å². The number of nitrogens with zero attached hydrogens (tertiary/aromatic N) is 1. The molecule has 2 amide bonds. The van der Waals surface area contributed by atoms with Crippen molar-refractivity contribution in [1.29, 1.82) is 0 Å². The van der Waals surface area contributed by atoms with E-state index in [2.05, 4.69) is 27.7 Å². The van der Waals surface area contributed by atoms with E-state index in [0.717, 1.165) is 38.4 Å². The highest BCUT2D eigenvalue weighted by molar-refractivity contribution is 5.73. The Bertz CT molecular complexity index is 715. The number of carbonyl (C=O) groups is 1. The number of urea groups is 1. The molecule has 2 N–H and O–H groups in total. The second-order valence-electron chi connectivity index (χ2n) is 6.33. The minimum absolute atomic E-state index is 0.164. The van der Waals surface area contributed by atoms with E-state index in [-0.39, 0.29) is 18.4 Å². The largest absolute Gasteiger partial charge is 0.379 e. The van der Waals surface area contributed by atoms with Crippen LogP contribution in [-0.4, -0.2) is 37.2 Å². The monoisotopic (exact) mass is 357 g/mol. The Morgan fingerprint density at radius 3 is 2.35 bits per heavy atom. The Morgan fingerprint density at radius 1 is 0.962 bits per heavy atom. The quantitative estimate of drug-likeness (QED) is 0.836. The fourth-order valence-electron chi connectivity index (χ4n) is 2.84. The van der Waals surface area contributed by atoms with Crippen molar-refractivity contribution in [2.75, 3.05) is 26.3 Å². The van der Waals surface area contributed by atoms with E-state index in [9.17, 15) is 9.18 Å². The van der Waals surface area contributed by atoms with Gasteiger partial charge in [-0.3, -0.25) is 4.90 Å². The van der Waals surface area contributed by atoms with Gasteiger partial charge in [0.05, 0.1) is 13.2 Å². The summed E-state index contributed by atoms with van der Waals surface area (Å²) in [6.07, 6.45) is 0. The zero-order valence-corrected chi connectivity index (χ0v) is 14.7. The third-order valence-corrected chi connectivity index (χ3v) is 4.38. The molecule has 0 unspecified atom stereocenters. The highest BCUT2D eigenvalue weighted by atomic mass is 19.1. The normalized spacial score (nSPS) is 14.8. The lowest BCUT2D eigenvalue weighted by Crippen LogP contribution is -2.35. The number of hydrogen-bond acceptors (Lipinski definition) is 3. The number of carbonyl (C=O) groups excluding carboxylic acids is 1. The maximum Gasteiger partial charge on any atom is 0.315 e. The first-order valence-corrected chi connectivity index (χ1v) is 8.84. The van der Waals surface area contributed by atoms with Gasteiger partial charge in [0, 0.05) is 38.3 Å². The molecule has 0 aliphatic carbocycles. The van der Waals surface area contributed by atoms with Crippen LogP contribution in [0.3, 0.4) is 0 Å². The van der Waals surface area contributed by atoms with Crippen LogP contribution >= 0.6 is 0 Å². The lowest BCUT2D eigenvalue weighted by atomic mass is 10.1. The van der Waals surface area contributed by atoms with E-state index in [1.165, 1.54) is 11.6 Å². The first-order valence-electron chi connectivity index (χ1n) is 8.84. The molecular weight excluding hydrogens is 333 g/mol. The lowest BCUT2D eigenvalue weighted by Gasteiger charge is -2.26. The van der Waals surface area contributed by atoms with E-state index >= 15 is 0 Å². The van der Waals surface area contributed by atoms with Crippen LogP contribution in [0.5, 0.6) is 0 Å². The van der Waals surface area contributed by atoms with Gasteiger partial charge >= 0.3 is 6.03 Å². The second kappa shape index (κ2) is 9.31. The van der Waals surface area contributed by atoms with Crippen molar-refractivity contribution in [3.63, 3.8) is 0 Å². The molecular formula is C20H24FN3O2. The molecule has 1 saturated heterocycles. The fraction of sp³-hybridized carbons (Fsp3) is 0.350. The van der Waals surface area contributed by atoms with Crippen molar-refractivity contribution in [2.45, 2.75) is 19.6 Å². The van der Waals surface area contributed by atoms with Gasteiger partial charge in [0.1, 0.15) is 5.82 Å². The van der Waals surface area contributed by atoms with E-state index in [1.54, 1.807) is 18.2 Å². The molecule has 0 radical (unpaired) electrons. The van der Waals surface area contributed by atoms with Gasteiger partial charge in [0.25, 0.3) is 0 Å². The maximum atomic E-state index is 13.5. The van der Waals surface area contributed by atoms with E-state index in [4.69, 9.17) is 4.74 Å². The van der Waals surface area contributed by atoms with Crippen LogP contribution < -0.4 is 10.6 Å². The van der Waals surface area contributed by atoms with Crippen molar-refractivity contribution in [2.24, 2.45) is 0 Å². The third-order valence-electron chi connectivity index (χ3n) is 4.38. The number of halogens is 1. The van der Waals surface area contributed by atoms with Crippen LogP contribution in [0, 0.1) is 5.82 Å². The van der Waals surface area contributed by atoms with Crippen molar-refractivity contribution < 1.29 is 13.9 Å². The van der Waals surface area contributed by atoms with Crippen LogP contribution in [0.15, 0.2) is 48.5 Å². The molecule has 2 aromatic carbocycles. The van der Waals surface area contributed by atoms with Crippen LogP contribution in [0.25, 0.3) is 0 Å². The Hall–Kier alpha value is -2.44. The molecule has 0 spiro atoms. The highest BCUT2D eigenvalue weighted by Crippen LogP contribution is 2.09. The Balaban J connectivity index is 1.41. The average Bonchev–Trinajstić information content (AvgIpc) is 2.68. The van der Waals surface area contributed by atoms with Gasteiger partial charge < -0.3 is 15.4 Å². The van der Waals surface area contributed by atoms with Crippen molar-refractivity contribution in [3.8, 4) is 0 Å². The minimum atomic E-state index is -0.316. The minimum Gasteiger partial charge on any atom is -0.379 e. The van der Waals surface area contributed by atoms with Gasteiger partial charge in [-0.15, -0.1) is 0 Å². The van der Waals surface area contributed by atoms with Crippen molar-refractivity contribution in [3.05, 3.63) is 71.0 Å². The van der Waals surface area contributed by atoms with Gasteiger partial charge in [-0.05, 0) is 17.2 Å². The fourth-order valence-corrected chi connectivity index (χ4v) is 2.84. The summed E-state index contributed by atoms with van der Waals surface area (Å²) in [5.41, 5.74) is 2.74. The summed E-state index contributed by atoms with van der Waals surface area (Å²) in [5.74, 6) is -0.316. The molecule has 0 bridgehead atoms. The number of nitrogens with one attached hydrogen (secondary N) is 2. The predicted molar refractivity (Wildman–Crippen MR) is 98.0 cm³/mol. The van der Waals surface area contributed by atoms with Gasteiger partial charge in [-0.25, -0.2) is 9.18 Å². The highest BCUT2D eigenvalue weighted by Gasteiger charge is 2.10. The van der Waals surface area contributed by atoms with E-state index in [0.29, 0.717) is 12.1 Å². The maximum absolute atomic E-state index is 13.5. The van der Waals surface area contributed by atoms with E-state index < -0.39 is 0 Å². The average molecular weight is 357 g/mol. The molecule has 1 heterocycles. The molecule has 5 nitrogen and oxygen atoms in total. The van der Waals surface area contributed by atoms with Crippen LogP contribution in [0.2, 0.25) is 0 Å². The third kappa shape index (κ3) is 5.54. The number of rotatable bonds is 6. The Labute approximate surface area is 153 Å². The van der Waals surface area contributed by atoms with Crippen LogP contribution in [0.1, 0.15) is 16.7 Å². The van der Waals surface area contributed by atoms with Gasteiger partial charge in [-0.2, -0.15) is 0 Å². The molecule has 0 saturated carbocycles. The number of benzene rings is 2. The number of amides is 2. The second-order valence-corrected chi connectivity index (χ2v) is 6.33. The number of ether oxygens (including phenoxy) is 1. The van der Waals surface area contributed by atoms with Gasteiger partial charge in [0.15, 0.2) is 0 Å². The number of morpholine rings is 1. The Kier molecular flexibility index (Phi) is 6.57. The van der Waals surface area contributed by atoms with Crippen LogP contribution in [0.4, 0.5) is 9.18 Å². The summed E-state index contributed by atoms with van der Waals surface area (Å²) in [6.45, 7) is 5.03. The molecule has 1 fully saturated rings. The molecule has 138 valence electrons. The van der Waals surface area contributed by atoms with Gasteiger partial charge in [-0.1, -0.05) is 42.5 Å². The summed E-state index contributed by atoms with van der Waals surface area (Å²) in [6, 6.07) is 14.3. The van der Waals surface area contributed by atoms with E-state index in [1.807, 2.05) is 12.1 Å². The van der Waals surface area contributed by atoms with Crippen molar-refractivity contribution in [1.82, 2.24) is 15.5 Å². The Morgan fingerprint density at radius 2 is 1.62 bits per heavy atom. The molecule has 6 heteroatoms. The molecule has 26 heavy (non-hydrogen) atoms. The summed E-state index contributed by atoms with van der Waals surface area (Å²) in [7, 11) is 0. The molecule has 0 aromatic heterocycles. The summed E-state index contributed by atoms with van der Waals surface area (Å²) in [5, 5.41) is 5.46. The van der Waals surface area contributed by atoms with Crippen molar-refractivity contribution >= 4 is 6.03 Å². The zero-order valence-electron chi connectivity index (χ0n) is 14.7. The molecule has 1 aliphatic heterocycles. The molecule has 1 aliphatic rings.